The highest BCUT2D eigenvalue weighted by Gasteiger charge is 2.33. The van der Waals surface area contributed by atoms with Crippen LogP contribution in [0, 0.1) is 0 Å². The number of hydrogen-bond acceptors (Lipinski definition) is 6. The van der Waals surface area contributed by atoms with Crippen LogP contribution in [0.5, 0.6) is 0 Å². The van der Waals surface area contributed by atoms with Crippen molar-refractivity contribution >= 4 is 10.2 Å². The number of nitrogens with one attached hydrogen (secondary N) is 2. The Labute approximate surface area is 124 Å². The normalized spacial score (nSPS) is 24.3. The summed E-state index contributed by atoms with van der Waals surface area (Å²) in [6, 6.07) is 0.617. The fourth-order valence-electron chi connectivity index (χ4n) is 2.59. The maximum Gasteiger partial charge on any atom is 0.280 e. The standard InChI is InChI=1S/C12H21N5O3S/c18-21(19,15-8-12-14-9-20-16-12)17-6-2-1-3-11(17)7-13-10-4-5-10/h9-11,13,15H,1-8H2. The molecule has 1 aliphatic carbocycles. The van der Waals surface area contributed by atoms with Crippen LogP contribution in [0.4, 0.5) is 0 Å². The number of nitrogens with zero attached hydrogens (tertiary/aromatic N) is 3. The van der Waals surface area contributed by atoms with Gasteiger partial charge in [-0.3, -0.25) is 0 Å². The molecule has 0 bridgehead atoms. The smallest absolute Gasteiger partial charge is 0.280 e. The Kier molecular flexibility index (Phi) is 4.53. The Bertz CT molecular complexity index is 543. The monoisotopic (exact) mass is 315 g/mol. The van der Waals surface area contributed by atoms with Crippen molar-refractivity contribution in [3.8, 4) is 0 Å². The molecule has 0 aromatic carbocycles. The Morgan fingerprint density at radius 3 is 2.90 bits per heavy atom. The number of aromatic nitrogens is 2. The van der Waals surface area contributed by atoms with Crippen molar-refractivity contribution in [3.05, 3.63) is 12.2 Å². The molecule has 2 aliphatic rings. The fraction of sp³-hybridized carbons (Fsp3) is 0.833. The molecule has 2 fully saturated rings. The lowest BCUT2D eigenvalue weighted by Crippen LogP contribution is -2.52. The molecule has 118 valence electrons. The summed E-state index contributed by atoms with van der Waals surface area (Å²) in [5.74, 6) is 0.336. The molecule has 1 saturated carbocycles. The van der Waals surface area contributed by atoms with Crippen molar-refractivity contribution in [2.75, 3.05) is 13.1 Å². The van der Waals surface area contributed by atoms with E-state index in [9.17, 15) is 8.42 Å². The van der Waals surface area contributed by atoms with Crippen LogP contribution in [0.1, 0.15) is 37.9 Å². The minimum Gasteiger partial charge on any atom is -0.343 e. The van der Waals surface area contributed by atoms with Gasteiger partial charge in [0.2, 0.25) is 6.39 Å². The van der Waals surface area contributed by atoms with Gasteiger partial charge in [0.1, 0.15) is 0 Å². The second-order valence-electron chi connectivity index (χ2n) is 5.62. The van der Waals surface area contributed by atoms with Gasteiger partial charge < -0.3 is 9.84 Å². The summed E-state index contributed by atoms with van der Waals surface area (Å²) in [6.45, 7) is 1.35. The Hall–Kier alpha value is -1.03. The van der Waals surface area contributed by atoms with Gasteiger partial charge in [0, 0.05) is 25.2 Å². The SMILES string of the molecule is O=S(=O)(NCc1ncon1)N1CCCCC1CNC1CC1. The first kappa shape index (κ1) is 14.9. The topological polar surface area (TPSA) is 100 Å². The van der Waals surface area contributed by atoms with E-state index in [1.54, 1.807) is 4.31 Å². The minimum absolute atomic E-state index is 0.0297. The van der Waals surface area contributed by atoms with Crippen LogP contribution in [0.15, 0.2) is 10.9 Å². The third-order valence-corrected chi connectivity index (χ3v) is 5.53. The third-order valence-electron chi connectivity index (χ3n) is 3.92. The van der Waals surface area contributed by atoms with Crippen LogP contribution in [0.3, 0.4) is 0 Å². The first-order chi connectivity index (χ1) is 10.1. The molecule has 2 heterocycles. The Morgan fingerprint density at radius 1 is 1.33 bits per heavy atom. The van der Waals surface area contributed by atoms with Gasteiger partial charge in [0.05, 0.1) is 6.54 Å². The summed E-state index contributed by atoms with van der Waals surface area (Å²) >= 11 is 0. The van der Waals surface area contributed by atoms with Crippen molar-refractivity contribution in [2.45, 2.75) is 50.7 Å². The Balaban J connectivity index is 1.59. The maximum atomic E-state index is 12.5. The van der Waals surface area contributed by atoms with Crippen LogP contribution >= 0.6 is 0 Å². The van der Waals surface area contributed by atoms with E-state index in [-0.39, 0.29) is 12.6 Å². The largest absolute Gasteiger partial charge is 0.343 e. The summed E-state index contributed by atoms with van der Waals surface area (Å²) < 4.78 is 33.6. The average molecular weight is 315 g/mol. The number of rotatable bonds is 7. The predicted octanol–water partition coefficient (Wildman–Crippen LogP) is 0.0105. The van der Waals surface area contributed by atoms with Crippen LogP contribution in [-0.2, 0) is 16.8 Å². The lowest BCUT2D eigenvalue weighted by atomic mass is 10.1. The summed E-state index contributed by atoms with van der Waals surface area (Å²) in [6.07, 6.45) is 6.48. The molecule has 1 atom stereocenters. The van der Waals surface area contributed by atoms with E-state index in [2.05, 4.69) is 24.7 Å². The first-order valence-electron chi connectivity index (χ1n) is 7.40. The first-order valence-corrected chi connectivity index (χ1v) is 8.84. The highest BCUT2D eigenvalue weighted by molar-refractivity contribution is 7.87. The zero-order chi connectivity index (χ0) is 14.7. The van der Waals surface area contributed by atoms with E-state index in [4.69, 9.17) is 0 Å². The Morgan fingerprint density at radius 2 is 2.19 bits per heavy atom. The van der Waals surface area contributed by atoms with E-state index >= 15 is 0 Å². The van der Waals surface area contributed by atoms with Gasteiger partial charge >= 0.3 is 0 Å². The molecule has 1 aromatic rings. The third kappa shape index (κ3) is 4.00. The van der Waals surface area contributed by atoms with E-state index in [0.717, 1.165) is 25.8 Å². The lowest BCUT2D eigenvalue weighted by Gasteiger charge is -2.34. The van der Waals surface area contributed by atoms with Gasteiger partial charge in [-0.2, -0.15) is 22.4 Å². The fourth-order valence-corrected chi connectivity index (χ4v) is 4.01. The second kappa shape index (κ2) is 6.39. The highest BCUT2D eigenvalue weighted by atomic mass is 32.2. The summed E-state index contributed by atoms with van der Waals surface area (Å²) in [4.78, 5) is 3.82. The van der Waals surface area contributed by atoms with Gasteiger partial charge in [-0.25, -0.2) is 0 Å². The van der Waals surface area contributed by atoms with Crippen LogP contribution in [0.25, 0.3) is 0 Å². The van der Waals surface area contributed by atoms with E-state index in [1.165, 1.54) is 19.2 Å². The van der Waals surface area contributed by atoms with Gasteiger partial charge in [0.25, 0.3) is 10.2 Å². The zero-order valence-electron chi connectivity index (χ0n) is 11.9. The van der Waals surface area contributed by atoms with E-state index < -0.39 is 10.2 Å². The number of hydrogen-bond donors (Lipinski definition) is 2. The lowest BCUT2D eigenvalue weighted by molar-refractivity contribution is 0.242. The van der Waals surface area contributed by atoms with Crippen LogP contribution < -0.4 is 10.0 Å². The highest BCUT2D eigenvalue weighted by Crippen LogP contribution is 2.22. The summed E-state index contributed by atoms with van der Waals surface area (Å²) in [5.41, 5.74) is 0. The molecule has 0 spiro atoms. The molecule has 3 rings (SSSR count). The maximum absolute atomic E-state index is 12.5. The molecule has 0 amide bonds. The van der Waals surface area contributed by atoms with E-state index in [0.29, 0.717) is 18.4 Å². The van der Waals surface area contributed by atoms with Gasteiger partial charge in [-0.15, -0.1) is 0 Å². The molecule has 9 heteroatoms. The molecule has 0 radical (unpaired) electrons. The number of piperidine rings is 1. The van der Waals surface area contributed by atoms with E-state index in [1.807, 2.05) is 0 Å². The molecular formula is C12H21N5O3S. The summed E-state index contributed by atoms with van der Waals surface area (Å²) in [5, 5.41) is 7.03. The van der Waals surface area contributed by atoms with Crippen LogP contribution in [-0.4, -0.2) is 48.0 Å². The van der Waals surface area contributed by atoms with Crippen molar-refractivity contribution in [1.29, 1.82) is 0 Å². The molecule has 2 N–H and O–H groups in total. The molecule has 1 aromatic heterocycles. The molecule has 1 saturated heterocycles. The van der Waals surface area contributed by atoms with Crippen molar-refractivity contribution in [3.63, 3.8) is 0 Å². The van der Waals surface area contributed by atoms with Crippen molar-refractivity contribution in [1.82, 2.24) is 24.5 Å². The zero-order valence-corrected chi connectivity index (χ0v) is 12.7. The quantitative estimate of drug-likeness (QED) is 0.735. The molecule has 21 heavy (non-hydrogen) atoms. The molecular weight excluding hydrogens is 294 g/mol. The van der Waals surface area contributed by atoms with Crippen molar-refractivity contribution in [2.24, 2.45) is 0 Å². The second-order valence-corrected chi connectivity index (χ2v) is 7.32. The predicted molar refractivity (Wildman–Crippen MR) is 75.4 cm³/mol. The minimum atomic E-state index is -3.51. The molecule has 8 nitrogen and oxygen atoms in total. The molecule has 1 aliphatic heterocycles. The molecule has 1 unspecified atom stereocenters. The van der Waals surface area contributed by atoms with Crippen molar-refractivity contribution < 1.29 is 12.9 Å². The summed E-state index contributed by atoms with van der Waals surface area (Å²) in [7, 11) is -3.51. The average Bonchev–Trinajstić information content (AvgIpc) is 3.17. The van der Waals surface area contributed by atoms with Gasteiger partial charge in [-0.1, -0.05) is 11.6 Å². The van der Waals surface area contributed by atoms with Crippen LogP contribution in [0.2, 0.25) is 0 Å². The van der Waals surface area contributed by atoms with Gasteiger partial charge in [-0.05, 0) is 25.7 Å². The van der Waals surface area contributed by atoms with Gasteiger partial charge in [0.15, 0.2) is 5.82 Å².